The quantitative estimate of drug-likeness (QED) is 0.586. The Morgan fingerprint density at radius 3 is 2.59 bits per heavy atom. The topological polar surface area (TPSA) is 99.7 Å². The summed E-state index contributed by atoms with van der Waals surface area (Å²) in [5.74, 6) is -0.602. The summed E-state index contributed by atoms with van der Waals surface area (Å²) in [6.07, 6.45) is 1.73. The van der Waals surface area contributed by atoms with E-state index in [4.69, 9.17) is 5.73 Å². The molecule has 1 aliphatic rings. The predicted octanol–water partition coefficient (Wildman–Crippen LogP) is 4.40. The zero-order valence-corrected chi connectivity index (χ0v) is 16.5. The number of fused-ring (bicyclic) bond motifs is 1. The van der Waals surface area contributed by atoms with E-state index < -0.39 is 16.7 Å². The second kappa shape index (κ2) is 7.72. The number of pyridine rings is 1. The van der Waals surface area contributed by atoms with Gasteiger partial charge in [0.25, 0.3) is 5.91 Å². The summed E-state index contributed by atoms with van der Waals surface area (Å²) in [5.41, 5.74) is 8.51. The molecule has 1 fully saturated rings. The van der Waals surface area contributed by atoms with Crippen molar-refractivity contribution in [2.45, 2.75) is 19.4 Å². The molecule has 0 saturated carbocycles. The lowest BCUT2D eigenvalue weighted by molar-refractivity contribution is 0.0996. The number of halogens is 1. The fourth-order valence-corrected chi connectivity index (χ4v) is 5.24. The lowest BCUT2D eigenvalue weighted by Gasteiger charge is -2.46. The van der Waals surface area contributed by atoms with E-state index in [0.717, 1.165) is 34.9 Å². The molecule has 8 heteroatoms. The maximum atomic E-state index is 13.3. The lowest BCUT2D eigenvalue weighted by Crippen LogP contribution is -2.33. The van der Waals surface area contributed by atoms with Crippen LogP contribution in [0, 0.1) is 5.82 Å². The second-order valence-corrected chi connectivity index (χ2v) is 9.37. The minimum absolute atomic E-state index is 0.122. The highest BCUT2D eigenvalue weighted by molar-refractivity contribution is 8.22. The summed E-state index contributed by atoms with van der Waals surface area (Å²) in [4.78, 5) is 16.2. The van der Waals surface area contributed by atoms with E-state index in [1.54, 1.807) is 22.5 Å². The van der Waals surface area contributed by atoms with E-state index in [1.165, 1.54) is 12.1 Å². The monoisotopic (exact) mass is 415 g/mol. The number of amides is 1. The van der Waals surface area contributed by atoms with Crippen LogP contribution in [0.4, 0.5) is 4.39 Å². The first-order valence-electron chi connectivity index (χ1n) is 9.34. The van der Waals surface area contributed by atoms with Crippen molar-refractivity contribution in [1.29, 1.82) is 0 Å². The van der Waals surface area contributed by atoms with Crippen molar-refractivity contribution < 1.29 is 18.3 Å². The van der Waals surface area contributed by atoms with Crippen LogP contribution in [0.25, 0.3) is 22.0 Å². The van der Waals surface area contributed by atoms with Gasteiger partial charge in [0, 0.05) is 18.5 Å². The largest absolute Gasteiger partial charge is 0.364 e. The first-order chi connectivity index (χ1) is 13.8. The van der Waals surface area contributed by atoms with Crippen molar-refractivity contribution in [3.63, 3.8) is 0 Å². The second-order valence-electron chi connectivity index (χ2n) is 7.18. The Labute approximate surface area is 169 Å². The third-order valence-corrected chi connectivity index (χ3v) is 7.11. The molecule has 2 aromatic carbocycles. The van der Waals surface area contributed by atoms with Crippen LogP contribution >= 0.6 is 10.8 Å². The van der Waals surface area contributed by atoms with Gasteiger partial charge in [-0.3, -0.25) is 13.9 Å². The number of nitrogens with zero attached hydrogens (tertiary/aromatic N) is 2. The molecule has 0 unspecified atom stereocenters. The number of aromatic nitrogens is 1. The summed E-state index contributed by atoms with van der Waals surface area (Å²) < 4.78 is 35.6. The first-order valence-corrected chi connectivity index (χ1v) is 11.0. The van der Waals surface area contributed by atoms with Gasteiger partial charge in [0.05, 0.1) is 11.3 Å². The van der Waals surface area contributed by atoms with Gasteiger partial charge in [-0.15, -0.1) is 10.8 Å². The average Bonchev–Trinajstić information content (AvgIpc) is 2.69. The fraction of sp³-hybridized carbons (Fsp3) is 0.238. The van der Waals surface area contributed by atoms with E-state index >= 15 is 0 Å². The van der Waals surface area contributed by atoms with Gasteiger partial charge in [0.2, 0.25) is 0 Å². The molecule has 4 N–H and O–H groups in total. The third kappa shape index (κ3) is 4.11. The van der Waals surface area contributed by atoms with Crippen LogP contribution in [0.5, 0.6) is 0 Å². The molecule has 0 aliphatic carbocycles. The van der Waals surface area contributed by atoms with E-state index in [-0.39, 0.29) is 11.5 Å². The summed E-state index contributed by atoms with van der Waals surface area (Å²) in [6, 6.07) is 13.2. The molecular weight excluding hydrogens is 393 g/mol. The van der Waals surface area contributed by atoms with E-state index in [1.807, 2.05) is 18.2 Å². The normalized spacial score (nSPS) is 17.9. The molecule has 1 saturated heterocycles. The average molecular weight is 415 g/mol. The van der Waals surface area contributed by atoms with E-state index in [9.17, 15) is 18.3 Å². The molecule has 4 rings (SSSR count). The van der Waals surface area contributed by atoms with Gasteiger partial charge < -0.3 is 5.73 Å². The predicted molar refractivity (Wildman–Crippen MR) is 113 cm³/mol. The number of carbonyl (C=O) groups is 1. The lowest BCUT2D eigenvalue weighted by atomic mass is 9.98. The van der Waals surface area contributed by atoms with Gasteiger partial charge in [-0.25, -0.2) is 13.7 Å². The SMILES string of the molecule is NC(=O)c1cc(-c2ccc(F)cc2)c2ccc(CN3CCCCS3(O)O)cc2n1. The molecule has 1 aliphatic heterocycles. The van der Waals surface area contributed by atoms with Crippen molar-refractivity contribution in [2.24, 2.45) is 5.73 Å². The Hall–Kier alpha value is -2.52. The Kier molecular flexibility index (Phi) is 5.26. The summed E-state index contributed by atoms with van der Waals surface area (Å²) in [7, 11) is -2.75. The number of rotatable bonds is 4. The summed E-state index contributed by atoms with van der Waals surface area (Å²) in [6.45, 7) is 1.00. The van der Waals surface area contributed by atoms with Gasteiger partial charge in [-0.1, -0.05) is 24.3 Å². The molecule has 2 heterocycles. The molecule has 3 aromatic rings. The molecule has 0 radical (unpaired) electrons. The maximum Gasteiger partial charge on any atom is 0.267 e. The van der Waals surface area contributed by atoms with Crippen molar-refractivity contribution >= 4 is 27.6 Å². The van der Waals surface area contributed by atoms with E-state index in [0.29, 0.717) is 24.4 Å². The first kappa shape index (κ1) is 19.8. The van der Waals surface area contributed by atoms with Crippen LogP contribution in [0.2, 0.25) is 0 Å². The minimum atomic E-state index is -2.75. The van der Waals surface area contributed by atoms with Crippen LogP contribution in [0.1, 0.15) is 28.9 Å². The number of hydrogen-bond acceptors (Lipinski definition) is 5. The molecule has 1 aromatic heterocycles. The molecule has 29 heavy (non-hydrogen) atoms. The van der Waals surface area contributed by atoms with Crippen LogP contribution < -0.4 is 5.73 Å². The Morgan fingerprint density at radius 1 is 1.14 bits per heavy atom. The van der Waals surface area contributed by atoms with Gasteiger partial charge in [-0.05, 0) is 53.8 Å². The molecule has 0 spiro atoms. The summed E-state index contributed by atoms with van der Waals surface area (Å²) in [5, 5.41) is 0.801. The Bertz CT molecular complexity index is 1070. The van der Waals surface area contributed by atoms with Crippen molar-refractivity contribution in [3.05, 3.63) is 65.6 Å². The Morgan fingerprint density at radius 2 is 1.90 bits per heavy atom. The third-order valence-electron chi connectivity index (χ3n) is 5.13. The number of nitrogens with two attached hydrogens (primary N) is 1. The molecule has 0 atom stereocenters. The molecule has 1 amide bonds. The smallest absolute Gasteiger partial charge is 0.267 e. The van der Waals surface area contributed by atoms with Crippen LogP contribution in [-0.4, -0.2) is 36.6 Å². The maximum absolute atomic E-state index is 13.3. The highest BCUT2D eigenvalue weighted by Crippen LogP contribution is 2.47. The number of primary amides is 1. The van der Waals surface area contributed by atoms with Crippen molar-refractivity contribution in [3.8, 4) is 11.1 Å². The van der Waals surface area contributed by atoms with Crippen LogP contribution in [-0.2, 0) is 6.54 Å². The molecule has 152 valence electrons. The van der Waals surface area contributed by atoms with Crippen molar-refractivity contribution in [1.82, 2.24) is 9.29 Å². The van der Waals surface area contributed by atoms with Gasteiger partial charge in [0.15, 0.2) is 0 Å². The number of benzene rings is 2. The highest BCUT2D eigenvalue weighted by atomic mass is 32.3. The zero-order valence-electron chi connectivity index (χ0n) is 15.7. The van der Waals surface area contributed by atoms with E-state index in [2.05, 4.69) is 4.98 Å². The molecule has 6 nitrogen and oxygen atoms in total. The van der Waals surface area contributed by atoms with Gasteiger partial charge in [-0.2, -0.15) is 0 Å². The zero-order chi connectivity index (χ0) is 20.6. The summed E-state index contributed by atoms with van der Waals surface area (Å²) >= 11 is 0. The Balaban J connectivity index is 1.77. The highest BCUT2D eigenvalue weighted by Gasteiger charge is 2.26. The number of hydrogen-bond donors (Lipinski definition) is 3. The molecular formula is C21H22FN3O3S. The van der Waals surface area contributed by atoms with Gasteiger partial charge in [0.1, 0.15) is 11.5 Å². The molecule has 0 bridgehead atoms. The van der Waals surface area contributed by atoms with Crippen molar-refractivity contribution in [2.75, 3.05) is 12.3 Å². The number of carbonyl (C=O) groups excluding carboxylic acids is 1. The van der Waals surface area contributed by atoms with Gasteiger partial charge >= 0.3 is 0 Å². The van der Waals surface area contributed by atoms with Crippen LogP contribution in [0.3, 0.4) is 0 Å². The minimum Gasteiger partial charge on any atom is -0.364 e. The fourth-order valence-electron chi connectivity index (χ4n) is 3.61. The standard InChI is InChI=1S/C21H22FN3O3S/c22-16-6-4-15(5-7-16)18-12-20(21(23)26)24-19-11-14(3-8-17(18)19)13-25-9-1-2-10-29(25,27)28/h3-8,11-12,27-28H,1-2,9-10,13H2,(H2,23,26). The van der Waals surface area contributed by atoms with Crippen LogP contribution in [0.15, 0.2) is 48.5 Å².